The zero-order valence-electron chi connectivity index (χ0n) is 10.2. The number of hydrogen-bond donors (Lipinski definition) is 3. The number of halogens is 1. The highest BCUT2D eigenvalue weighted by Crippen LogP contribution is 2.53. The largest absolute Gasteiger partial charge is 0.354 e. The van der Waals surface area contributed by atoms with Crippen molar-refractivity contribution < 1.29 is 19.1 Å². The van der Waals surface area contributed by atoms with Gasteiger partial charge in [-0.1, -0.05) is 30.3 Å². The average Bonchev–Trinajstić information content (AvgIpc) is 2.41. The van der Waals surface area contributed by atoms with Gasteiger partial charge in [-0.05, 0) is 5.56 Å². The maximum absolute atomic E-state index is 11.7. The Hall–Kier alpha value is -1.47. The van der Waals surface area contributed by atoms with Gasteiger partial charge in [0.2, 0.25) is 0 Å². The first-order valence-corrected chi connectivity index (χ1v) is 7.70. The third-order valence-electron chi connectivity index (χ3n) is 2.31. The first kappa shape index (κ1) is 16.6. The third-order valence-corrected chi connectivity index (χ3v) is 3.66. The molecule has 0 aliphatic rings. The molecule has 0 aliphatic heterocycles. The molecule has 20 heavy (non-hydrogen) atoms. The molecule has 110 valence electrons. The Labute approximate surface area is 119 Å². The molecular weight excluding hydrogens is 309 g/mol. The van der Waals surface area contributed by atoms with Crippen molar-refractivity contribution in [1.29, 1.82) is 0 Å². The number of rotatable bonds is 6. The highest BCUT2D eigenvalue weighted by Gasteiger charge is 2.40. The zero-order valence-corrected chi connectivity index (χ0v) is 11.9. The SMILES string of the molecule is O=NN(C(=O)NCCCl)C(c1ccccc1)P(=O)(O)O. The molecular formula is C10H13ClN3O5P. The van der Waals surface area contributed by atoms with Crippen molar-refractivity contribution in [2.75, 3.05) is 12.4 Å². The maximum Gasteiger partial charge on any atom is 0.354 e. The molecule has 0 bridgehead atoms. The van der Waals surface area contributed by atoms with Crippen LogP contribution in [0.2, 0.25) is 0 Å². The van der Waals surface area contributed by atoms with Crippen LogP contribution in [0.4, 0.5) is 4.79 Å². The number of benzene rings is 1. The fraction of sp³-hybridized carbons (Fsp3) is 0.300. The van der Waals surface area contributed by atoms with Crippen molar-refractivity contribution in [3.8, 4) is 0 Å². The quantitative estimate of drug-likeness (QED) is 0.319. The van der Waals surface area contributed by atoms with E-state index in [1.165, 1.54) is 24.3 Å². The first-order chi connectivity index (χ1) is 9.41. The number of urea groups is 1. The Balaban J connectivity index is 3.13. The number of nitrogens with zero attached hydrogens (tertiary/aromatic N) is 2. The molecule has 1 aromatic rings. The van der Waals surface area contributed by atoms with Gasteiger partial charge in [0.1, 0.15) is 0 Å². The smallest absolute Gasteiger partial charge is 0.335 e. The van der Waals surface area contributed by atoms with E-state index in [9.17, 15) is 24.1 Å². The summed E-state index contributed by atoms with van der Waals surface area (Å²) >= 11 is 5.38. The van der Waals surface area contributed by atoms with Gasteiger partial charge in [0.15, 0.2) is 5.78 Å². The van der Waals surface area contributed by atoms with Crippen LogP contribution in [0.5, 0.6) is 0 Å². The van der Waals surface area contributed by atoms with Crippen LogP contribution in [0, 0.1) is 4.91 Å². The molecule has 0 heterocycles. The number of carbonyl (C=O) groups is 1. The summed E-state index contributed by atoms with van der Waals surface area (Å²) in [4.78, 5) is 41.3. The van der Waals surface area contributed by atoms with Gasteiger partial charge in [-0.15, -0.1) is 16.5 Å². The number of amides is 2. The Morgan fingerprint density at radius 2 is 2.00 bits per heavy atom. The van der Waals surface area contributed by atoms with Crippen molar-refractivity contribution in [3.63, 3.8) is 0 Å². The number of nitrogens with one attached hydrogen (secondary N) is 1. The molecule has 10 heteroatoms. The fourth-order valence-corrected chi connectivity index (χ4v) is 2.62. The number of nitroso groups, excluding NO2 is 1. The zero-order chi connectivity index (χ0) is 15.2. The van der Waals surface area contributed by atoms with E-state index < -0.39 is 19.4 Å². The lowest BCUT2D eigenvalue weighted by Crippen LogP contribution is -2.39. The molecule has 0 saturated heterocycles. The summed E-state index contributed by atoms with van der Waals surface area (Å²) in [5.74, 6) is -1.69. The molecule has 0 saturated carbocycles. The van der Waals surface area contributed by atoms with Crippen LogP contribution in [-0.2, 0) is 4.57 Å². The summed E-state index contributed by atoms with van der Waals surface area (Å²) < 4.78 is 11.6. The van der Waals surface area contributed by atoms with Gasteiger partial charge in [0, 0.05) is 12.4 Å². The predicted molar refractivity (Wildman–Crippen MR) is 73.0 cm³/mol. The molecule has 1 atom stereocenters. The Bertz CT molecular complexity index is 509. The van der Waals surface area contributed by atoms with E-state index in [0.29, 0.717) is 0 Å². The summed E-state index contributed by atoms with van der Waals surface area (Å²) in [5.41, 5.74) is 0.0986. The van der Waals surface area contributed by atoms with Crippen molar-refractivity contribution >= 4 is 25.2 Å². The minimum atomic E-state index is -4.82. The maximum atomic E-state index is 11.7. The molecule has 3 N–H and O–H groups in total. The lowest BCUT2D eigenvalue weighted by Gasteiger charge is -2.25. The molecule has 0 aromatic heterocycles. The number of hydrogen-bond acceptors (Lipinski definition) is 4. The lowest BCUT2D eigenvalue weighted by molar-refractivity contribution is 0.184. The van der Waals surface area contributed by atoms with E-state index in [0.717, 1.165) is 0 Å². The molecule has 1 rings (SSSR count). The van der Waals surface area contributed by atoms with Crippen LogP contribution >= 0.6 is 19.2 Å². The summed E-state index contributed by atoms with van der Waals surface area (Å²) in [6.07, 6.45) is 0. The van der Waals surface area contributed by atoms with E-state index in [1.807, 2.05) is 0 Å². The molecule has 0 spiro atoms. The first-order valence-electron chi connectivity index (χ1n) is 5.48. The average molecular weight is 322 g/mol. The second-order valence-corrected chi connectivity index (χ2v) is 5.77. The summed E-state index contributed by atoms with van der Waals surface area (Å²) in [7, 11) is -4.82. The monoisotopic (exact) mass is 321 g/mol. The number of alkyl halides is 1. The van der Waals surface area contributed by atoms with E-state index in [1.54, 1.807) is 6.07 Å². The van der Waals surface area contributed by atoms with Gasteiger partial charge in [0.05, 0.1) is 5.29 Å². The molecule has 0 aliphatic carbocycles. The van der Waals surface area contributed by atoms with Crippen LogP contribution in [0.1, 0.15) is 11.3 Å². The van der Waals surface area contributed by atoms with Crippen LogP contribution in [0.25, 0.3) is 0 Å². The standard InChI is InChI=1S/C10H13ClN3O5P/c11-6-7-12-10(15)14(13-16)9(20(17,18)19)8-4-2-1-3-5-8/h1-5,9H,6-7H2,(H,12,15)(H2,17,18,19). The number of carbonyl (C=O) groups excluding carboxylic acids is 1. The third kappa shape index (κ3) is 4.28. The van der Waals surface area contributed by atoms with Crippen LogP contribution < -0.4 is 5.32 Å². The van der Waals surface area contributed by atoms with Gasteiger partial charge in [0.25, 0.3) is 0 Å². The molecule has 1 unspecified atom stereocenters. The van der Waals surface area contributed by atoms with Crippen molar-refractivity contribution in [2.24, 2.45) is 5.29 Å². The molecule has 1 aromatic carbocycles. The van der Waals surface area contributed by atoms with Crippen molar-refractivity contribution in [1.82, 2.24) is 10.3 Å². The molecule has 8 nitrogen and oxygen atoms in total. The van der Waals surface area contributed by atoms with Gasteiger partial charge in [-0.3, -0.25) is 4.57 Å². The Kier molecular flexibility index (Phi) is 6.09. The lowest BCUT2D eigenvalue weighted by atomic mass is 10.2. The van der Waals surface area contributed by atoms with Crippen molar-refractivity contribution in [3.05, 3.63) is 40.8 Å². The molecule has 2 amide bonds. The molecule has 0 radical (unpaired) electrons. The summed E-state index contributed by atoms with van der Waals surface area (Å²) in [6, 6.07) is 6.42. The summed E-state index contributed by atoms with van der Waals surface area (Å²) in [5, 5.41) is 4.83. The van der Waals surface area contributed by atoms with Crippen LogP contribution in [0.3, 0.4) is 0 Å². The normalized spacial score (nSPS) is 12.6. The van der Waals surface area contributed by atoms with Gasteiger partial charge in [-0.2, -0.15) is 5.01 Å². The van der Waals surface area contributed by atoms with E-state index in [2.05, 4.69) is 10.6 Å². The Morgan fingerprint density at radius 1 is 1.40 bits per heavy atom. The van der Waals surface area contributed by atoms with Crippen molar-refractivity contribution in [2.45, 2.75) is 5.78 Å². The second-order valence-electron chi connectivity index (χ2n) is 3.72. The Morgan fingerprint density at radius 3 is 2.45 bits per heavy atom. The predicted octanol–water partition coefficient (Wildman–Crippen LogP) is 1.79. The fourth-order valence-electron chi connectivity index (χ4n) is 1.53. The topological polar surface area (TPSA) is 119 Å². The van der Waals surface area contributed by atoms with E-state index in [-0.39, 0.29) is 23.0 Å². The highest BCUT2D eigenvalue weighted by atomic mass is 35.5. The van der Waals surface area contributed by atoms with Crippen LogP contribution in [-0.4, -0.2) is 33.3 Å². The molecule has 0 fully saturated rings. The minimum Gasteiger partial charge on any atom is -0.335 e. The van der Waals surface area contributed by atoms with Gasteiger partial charge < -0.3 is 15.1 Å². The van der Waals surface area contributed by atoms with Gasteiger partial charge >= 0.3 is 13.6 Å². The van der Waals surface area contributed by atoms with Gasteiger partial charge in [-0.25, -0.2) is 4.79 Å². The van der Waals surface area contributed by atoms with Crippen LogP contribution in [0.15, 0.2) is 35.6 Å². The van der Waals surface area contributed by atoms with E-state index in [4.69, 9.17) is 11.6 Å². The van der Waals surface area contributed by atoms with E-state index >= 15 is 0 Å². The summed E-state index contributed by atoms with van der Waals surface area (Å²) in [6.45, 7) is 0.0368. The second kappa shape index (κ2) is 7.35. The highest BCUT2D eigenvalue weighted by molar-refractivity contribution is 7.52. The minimum absolute atomic E-state index is 0.0368.